The highest BCUT2D eigenvalue weighted by molar-refractivity contribution is 5.70. The standard InChI is InChI=1S/C22H26FN3O2/c1-21(2,3)28-20(27)25-10-9-16-11-19-15(12-22(16,4)14-25)13-24-26(19)18-7-5-17(23)6-8-18/h5-8,11,13H,9-10,12,14H2,1-4H3. The van der Waals surface area contributed by atoms with Crippen molar-refractivity contribution in [2.75, 3.05) is 13.1 Å². The number of hydrogen-bond donors (Lipinski definition) is 0. The molecule has 0 N–H and O–H groups in total. The molecule has 1 fully saturated rings. The van der Waals surface area contributed by atoms with Crippen molar-refractivity contribution >= 4 is 12.2 Å². The summed E-state index contributed by atoms with van der Waals surface area (Å²) in [6.45, 7) is 9.15. The number of hydrogen-bond acceptors (Lipinski definition) is 3. The van der Waals surface area contributed by atoms with Crippen molar-refractivity contribution in [3.8, 4) is 5.69 Å². The van der Waals surface area contributed by atoms with Crippen LogP contribution in [0.3, 0.4) is 0 Å². The van der Waals surface area contributed by atoms with Gasteiger partial charge in [0.05, 0.1) is 17.6 Å². The SMILES string of the molecule is CC(C)(C)OC(=O)N1CCC2=Cc3c(cnn3-c3ccc(F)cc3)CC2(C)C1. The van der Waals surface area contributed by atoms with Crippen LogP contribution < -0.4 is 0 Å². The maximum atomic E-state index is 13.3. The van der Waals surface area contributed by atoms with E-state index in [4.69, 9.17) is 4.74 Å². The Morgan fingerprint density at radius 1 is 1.25 bits per heavy atom. The maximum Gasteiger partial charge on any atom is 0.410 e. The Morgan fingerprint density at radius 2 is 1.96 bits per heavy atom. The van der Waals surface area contributed by atoms with Crippen molar-refractivity contribution < 1.29 is 13.9 Å². The highest BCUT2D eigenvalue weighted by Crippen LogP contribution is 2.44. The summed E-state index contributed by atoms with van der Waals surface area (Å²) in [4.78, 5) is 14.3. The lowest BCUT2D eigenvalue weighted by atomic mass is 9.70. The van der Waals surface area contributed by atoms with E-state index in [1.807, 2.05) is 36.5 Å². The van der Waals surface area contributed by atoms with Crippen molar-refractivity contribution in [2.24, 2.45) is 5.41 Å². The monoisotopic (exact) mass is 383 g/mol. The number of carbonyl (C=O) groups is 1. The second-order valence-corrected chi connectivity index (χ2v) is 9.00. The molecule has 2 aromatic rings. The Balaban J connectivity index is 1.60. The third kappa shape index (κ3) is 3.43. The molecule has 1 aliphatic heterocycles. The Kier molecular flexibility index (Phi) is 4.32. The first-order chi connectivity index (χ1) is 13.1. The van der Waals surface area contributed by atoms with Gasteiger partial charge in [0.2, 0.25) is 0 Å². The Bertz CT molecular complexity index is 940. The molecule has 1 saturated heterocycles. The second-order valence-electron chi connectivity index (χ2n) is 9.00. The third-order valence-electron chi connectivity index (χ3n) is 5.47. The van der Waals surface area contributed by atoms with E-state index in [1.54, 1.807) is 12.1 Å². The van der Waals surface area contributed by atoms with Crippen LogP contribution in [0, 0.1) is 11.2 Å². The van der Waals surface area contributed by atoms with Crippen LogP contribution in [0.25, 0.3) is 11.8 Å². The van der Waals surface area contributed by atoms with Gasteiger partial charge in [0.25, 0.3) is 0 Å². The van der Waals surface area contributed by atoms with Crippen molar-refractivity contribution in [2.45, 2.75) is 46.1 Å². The molecule has 28 heavy (non-hydrogen) atoms. The smallest absolute Gasteiger partial charge is 0.410 e. The van der Waals surface area contributed by atoms with Crippen LogP contribution in [-0.2, 0) is 11.2 Å². The molecule has 6 heteroatoms. The minimum Gasteiger partial charge on any atom is -0.444 e. The summed E-state index contributed by atoms with van der Waals surface area (Å²) in [6, 6.07) is 6.37. The van der Waals surface area contributed by atoms with Gasteiger partial charge in [-0.3, -0.25) is 0 Å². The van der Waals surface area contributed by atoms with Gasteiger partial charge in [0.15, 0.2) is 0 Å². The number of halogens is 1. The Morgan fingerprint density at radius 3 is 2.64 bits per heavy atom. The predicted octanol–water partition coefficient (Wildman–Crippen LogP) is 4.60. The number of likely N-dealkylation sites (tertiary alicyclic amines) is 1. The van der Waals surface area contributed by atoms with Gasteiger partial charge < -0.3 is 9.64 Å². The summed E-state index contributed by atoms with van der Waals surface area (Å²) in [7, 11) is 0. The molecule has 4 rings (SSSR count). The average Bonchev–Trinajstić information content (AvgIpc) is 3.00. The van der Waals surface area contributed by atoms with Gasteiger partial charge in [-0.15, -0.1) is 0 Å². The molecule has 148 valence electrons. The first-order valence-electron chi connectivity index (χ1n) is 9.66. The average molecular weight is 383 g/mol. The van der Waals surface area contributed by atoms with Crippen LogP contribution in [0.1, 0.15) is 45.4 Å². The largest absolute Gasteiger partial charge is 0.444 e. The fraction of sp³-hybridized carbons (Fsp3) is 0.455. The molecule has 0 radical (unpaired) electrons. The highest BCUT2D eigenvalue weighted by atomic mass is 19.1. The van der Waals surface area contributed by atoms with Crippen LogP contribution >= 0.6 is 0 Å². The van der Waals surface area contributed by atoms with Gasteiger partial charge >= 0.3 is 6.09 Å². The fourth-order valence-corrected chi connectivity index (χ4v) is 4.11. The lowest BCUT2D eigenvalue weighted by Crippen LogP contribution is -2.49. The minimum absolute atomic E-state index is 0.126. The van der Waals surface area contributed by atoms with E-state index in [0.29, 0.717) is 13.1 Å². The van der Waals surface area contributed by atoms with Crippen molar-refractivity contribution in [3.05, 3.63) is 53.1 Å². The van der Waals surface area contributed by atoms with E-state index in [-0.39, 0.29) is 17.3 Å². The van der Waals surface area contributed by atoms with Crippen molar-refractivity contribution in [1.29, 1.82) is 0 Å². The van der Waals surface area contributed by atoms with Crippen molar-refractivity contribution in [1.82, 2.24) is 14.7 Å². The first kappa shape index (κ1) is 18.7. The lowest BCUT2D eigenvalue weighted by molar-refractivity contribution is 0.0143. The van der Waals surface area contributed by atoms with Crippen LogP contribution in [0.4, 0.5) is 9.18 Å². The molecule has 0 spiro atoms. The Labute approximate surface area is 164 Å². The normalized spacial score (nSPS) is 21.6. The zero-order valence-electron chi connectivity index (χ0n) is 16.8. The molecule has 1 amide bonds. The number of fused-ring (bicyclic) bond motifs is 2. The molecule has 0 saturated carbocycles. The van der Waals surface area contributed by atoms with Gasteiger partial charge in [-0.05, 0) is 69.5 Å². The number of piperidine rings is 1. The topological polar surface area (TPSA) is 47.4 Å². The van der Waals surface area contributed by atoms with E-state index < -0.39 is 5.60 Å². The van der Waals surface area contributed by atoms with Crippen LogP contribution in [0.15, 0.2) is 36.0 Å². The molecule has 1 unspecified atom stereocenters. The van der Waals surface area contributed by atoms with Gasteiger partial charge in [0.1, 0.15) is 11.4 Å². The highest BCUT2D eigenvalue weighted by Gasteiger charge is 2.41. The number of nitrogens with zero attached hydrogens (tertiary/aromatic N) is 3. The zero-order valence-corrected chi connectivity index (χ0v) is 16.8. The minimum atomic E-state index is -0.496. The van der Waals surface area contributed by atoms with E-state index in [2.05, 4.69) is 18.1 Å². The second kappa shape index (κ2) is 6.47. The molecule has 2 heterocycles. The molecular weight excluding hydrogens is 357 g/mol. The summed E-state index contributed by atoms with van der Waals surface area (Å²) < 4.78 is 20.7. The van der Waals surface area contributed by atoms with Crippen LogP contribution in [-0.4, -0.2) is 39.5 Å². The number of benzene rings is 1. The summed E-state index contributed by atoms with van der Waals surface area (Å²) in [5, 5.41) is 4.53. The number of aromatic nitrogens is 2. The fourth-order valence-electron chi connectivity index (χ4n) is 4.11. The summed E-state index contributed by atoms with van der Waals surface area (Å²) >= 11 is 0. The molecule has 1 aromatic heterocycles. The number of amides is 1. The van der Waals surface area contributed by atoms with Crippen molar-refractivity contribution in [3.63, 3.8) is 0 Å². The van der Waals surface area contributed by atoms with Gasteiger partial charge in [-0.1, -0.05) is 12.5 Å². The lowest BCUT2D eigenvalue weighted by Gasteiger charge is -2.44. The van der Waals surface area contributed by atoms with Gasteiger partial charge in [-0.25, -0.2) is 13.9 Å². The quantitative estimate of drug-likeness (QED) is 0.723. The van der Waals surface area contributed by atoms with E-state index in [9.17, 15) is 9.18 Å². The molecule has 1 atom stereocenters. The molecule has 2 aliphatic rings. The molecule has 5 nitrogen and oxygen atoms in total. The number of carbonyl (C=O) groups excluding carboxylic acids is 1. The van der Waals surface area contributed by atoms with E-state index in [1.165, 1.54) is 17.7 Å². The van der Waals surface area contributed by atoms with Gasteiger partial charge in [0, 0.05) is 18.5 Å². The van der Waals surface area contributed by atoms with Gasteiger partial charge in [-0.2, -0.15) is 5.10 Å². The molecule has 1 aromatic carbocycles. The number of rotatable bonds is 1. The van der Waals surface area contributed by atoms with Crippen LogP contribution in [0.2, 0.25) is 0 Å². The summed E-state index contributed by atoms with van der Waals surface area (Å²) in [5.41, 5.74) is 3.73. The molecule has 1 aliphatic carbocycles. The van der Waals surface area contributed by atoms with Crippen LogP contribution in [0.5, 0.6) is 0 Å². The molecular formula is C22H26FN3O2. The zero-order chi connectivity index (χ0) is 20.1. The summed E-state index contributed by atoms with van der Waals surface area (Å²) in [5.74, 6) is -0.259. The van der Waals surface area contributed by atoms with E-state index in [0.717, 1.165) is 29.8 Å². The number of ether oxygens (including phenoxy) is 1. The third-order valence-corrected chi connectivity index (χ3v) is 5.47. The summed E-state index contributed by atoms with van der Waals surface area (Å²) in [6.07, 6.45) is 5.45. The molecule has 0 bridgehead atoms. The first-order valence-corrected chi connectivity index (χ1v) is 9.66. The predicted molar refractivity (Wildman–Crippen MR) is 106 cm³/mol. The van der Waals surface area contributed by atoms with E-state index >= 15 is 0 Å². The maximum absolute atomic E-state index is 13.3. The Hall–Kier alpha value is -2.63.